The highest BCUT2D eigenvalue weighted by Gasteiger charge is 2.35. The summed E-state index contributed by atoms with van der Waals surface area (Å²) in [6, 6.07) is 10.9. The topological polar surface area (TPSA) is 74.3 Å². The molecule has 0 radical (unpaired) electrons. The first-order valence-corrected chi connectivity index (χ1v) is 9.33. The van der Waals surface area contributed by atoms with E-state index in [1.165, 1.54) is 27.4 Å². The fourth-order valence-electron chi connectivity index (χ4n) is 3.63. The highest BCUT2D eigenvalue weighted by molar-refractivity contribution is 6.01. The van der Waals surface area contributed by atoms with Gasteiger partial charge in [0.2, 0.25) is 5.75 Å². The summed E-state index contributed by atoms with van der Waals surface area (Å²) in [4.78, 5) is 27.5. The fraction of sp³-hybridized carbons (Fsp3) is 0.364. The van der Waals surface area contributed by atoms with Crippen LogP contribution in [0.2, 0.25) is 0 Å². The number of para-hydroxylation sites is 1. The molecule has 0 N–H and O–H groups in total. The Bertz CT molecular complexity index is 926. The molecule has 0 aliphatic carbocycles. The Labute approximate surface area is 170 Å². The van der Waals surface area contributed by atoms with E-state index in [-0.39, 0.29) is 29.0 Å². The number of benzene rings is 2. The van der Waals surface area contributed by atoms with Crippen LogP contribution in [0.5, 0.6) is 17.2 Å². The van der Waals surface area contributed by atoms with Gasteiger partial charge in [0, 0.05) is 11.7 Å². The molecule has 2 aromatic rings. The minimum atomic E-state index is -0.964. The lowest BCUT2D eigenvalue weighted by molar-refractivity contribution is -0.126. The Hall–Kier alpha value is -3.22. The number of amides is 1. The second-order valence-electron chi connectivity index (χ2n) is 6.82. The molecule has 29 heavy (non-hydrogen) atoms. The molecule has 0 aromatic heterocycles. The molecule has 0 saturated heterocycles. The maximum Gasteiger partial charge on any atom is 0.342 e. The molecule has 0 spiro atoms. The molecule has 2 atom stereocenters. The van der Waals surface area contributed by atoms with Crippen molar-refractivity contribution >= 4 is 17.6 Å². The monoisotopic (exact) mass is 399 g/mol. The van der Waals surface area contributed by atoms with Gasteiger partial charge in [-0.25, -0.2) is 4.79 Å². The number of anilines is 1. The lowest BCUT2D eigenvalue weighted by Crippen LogP contribution is -2.43. The zero-order chi connectivity index (χ0) is 21.1. The maximum atomic E-state index is 13.0. The molecule has 1 aliphatic heterocycles. The average Bonchev–Trinajstić information content (AvgIpc) is 3.07. The van der Waals surface area contributed by atoms with Crippen molar-refractivity contribution in [2.24, 2.45) is 0 Å². The number of hydrogen-bond donors (Lipinski definition) is 0. The summed E-state index contributed by atoms with van der Waals surface area (Å²) in [5.41, 5.74) is 2.12. The van der Waals surface area contributed by atoms with Crippen molar-refractivity contribution in [3.8, 4) is 17.2 Å². The van der Waals surface area contributed by atoms with Crippen LogP contribution >= 0.6 is 0 Å². The van der Waals surface area contributed by atoms with Crippen molar-refractivity contribution in [3.05, 3.63) is 47.5 Å². The quantitative estimate of drug-likeness (QED) is 0.695. The SMILES string of the molecule is COc1ccc(C(=O)O[C@H](C)C(=O)N2c3ccccc3C[C@H]2C)c(OC)c1OC. The minimum absolute atomic E-state index is 0.00308. The van der Waals surface area contributed by atoms with Crippen molar-refractivity contribution in [1.29, 1.82) is 0 Å². The van der Waals surface area contributed by atoms with Crippen LogP contribution in [0.1, 0.15) is 29.8 Å². The number of ether oxygens (including phenoxy) is 4. The molecule has 7 nitrogen and oxygen atoms in total. The highest BCUT2D eigenvalue weighted by Crippen LogP contribution is 2.40. The molecule has 154 valence electrons. The Morgan fingerprint density at radius 1 is 1.00 bits per heavy atom. The summed E-state index contributed by atoms with van der Waals surface area (Å²) in [5.74, 6) is -0.0477. The van der Waals surface area contributed by atoms with Gasteiger partial charge in [0.15, 0.2) is 17.6 Å². The summed E-state index contributed by atoms with van der Waals surface area (Å²) in [7, 11) is 4.37. The largest absolute Gasteiger partial charge is 0.493 e. The zero-order valence-corrected chi connectivity index (χ0v) is 17.2. The van der Waals surface area contributed by atoms with Crippen LogP contribution in [-0.2, 0) is 16.0 Å². The third-order valence-electron chi connectivity index (χ3n) is 5.00. The van der Waals surface area contributed by atoms with Crippen LogP contribution in [0.3, 0.4) is 0 Å². The highest BCUT2D eigenvalue weighted by atomic mass is 16.6. The predicted octanol–water partition coefficient (Wildman–Crippen LogP) is 3.24. The molecule has 0 fully saturated rings. The van der Waals surface area contributed by atoms with E-state index in [0.29, 0.717) is 5.75 Å². The second-order valence-corrected chi connectivity index (χ2v) is 6.82. The van der Waals surface area contributed by atoms with E-state index >= 15 is 0 Å². The Morgan fingerprint density at radius 2 is 1.69 bits per heavy atom. The lowest BCUT2D eigenvalue weighted by atomic mass is 10.1. The second kappa shape index (κ2) is 8.43. The molecule has 1 heterocycles. The molecular weight excluding hydrogens is 374 g/mol. The van der Waals surface area contributed by atoms with Gasteiger partial charge >= 0.3 is 5.97 Å². The first-order chi connectivity index (χ1) is 13.9. The number of hydrogen-bond acceptors (Lipinski definition) is 6. The number of rotatable bonds is 6. The van der Waals surface area contributed by atoms with E-state index in [4.69, 9.17) is 18.9 Å². The van der Waals surface area contributed by atoms with E-state index in [0.717, 1.165) is 17.7 Å². The summed E-state index contributed by atoms with van der Waals surface area (Å²) < 4.78 is 21.3. The number of fused-ring (bicyclic) bond motifs is 1. The number of methoxy groups -OCH3 is 3. The summed E-state index contributed by atoms with van der Waals surface area (Å²) in [6.45, 7) is 3.55. The van der Waals surface area contributed by atoms with Crippen LogP contribution in [0.4, 0.5) is 5.69 Å². The van der Waals surface area contributed by atoms with Gasteiger partial charge in [-0.05, 0) is 44.0 Å². The van der Waals surface area contributed by atoms with E-state index in [9.17, 15) is 9.59 Å². The van der Waals surface area contributed by atoms with E-state index in [1.807, 2.05) is 31.2 Å². The summed E-state index contributed by atoms with van der Waals surface area (Å²) >= 11 is 0. The van der Waals surface area contributed by atoms with E-state index < -0.39 is 12.1 Å². The molecule has 3 rings (SSSR count). The molecule has 1 aliphatic rings. The van der Waals surface area contributed by atoms with Gasteiger partial charge in [-0.3, -0.25) is 4.79 Å². The van der Waals surface area contributed by atoms with Crippen LogP contribution < -0.4 is 19.1 Å². The van der Waals surface area contributed by atoms with Gasteiger partial charge in [0.1, 0.15) is 5.56 Å². The summed E-state index contributed by atoms with van der Waals surface area (Å²) in [6.07, 6.45) is -0.194. The Balaban J connectivity index is 1.82. The number of carbonyl (C=O) groups is 2. The van der Waals surface area contributed by atoms with E-state index in [2.05, 4.69) is 0 Å². The average molecular weight is 399 g/mol. The van der Waals surface area contributed by atoms with Crippen molar-refractivity contribution in [2.45, 2.75) is 32.4 Å². The third-order valence-corrected chi connectivity index (χ3v) is 5.00. The first kappa shape index (κ1) is 20.5. The van der Waals surface area contributed by atoms with Crippen molar-refractivity contribution < 1.29 is 28.5 Å². The van der Waals surface area contributed by atoms with Crippen LogP contribution in [0.15, 0.2) is 36.4 Å². The van der Waals surface area contributed by atoms with E-state index in [1.54, 1.807) is 17.9 Å². The predicted molar refractivity (Wildman–Crippen MR) is 108 cm³/mol. The number of esters is 1. The van der Waals surface area contributed by atoms with Gasteiger partial charge in [0.05, 0.1) is 21.3 Å². The van der Waals surface area contributed by atoms with Gasteiger partial charge in [-0.2, -0.15) is 0 Å². The molecule has 0 saturated carbocycles. The van der Waals surface area contributed by atoms with Gasteiger partial charge < -0.3 is 23.8 Å². The van der Waals surface area contributed by atoms with Crippen LogP contribution in [-0.4, -0.2) is 45.4 Å². The smallest absolute Gasteiger partial charge is 0.342 e. The normalized spacial score (nSPS) is 16.0. The molecule has 2 aromatic carbocycles. The van der Waals surface area contributed by atoms with Gasteiger partial charge in [0.25, 0.3) is 5.91 Å². The number of carbonyl (C=O) groups excluding carboxylic acids is 2. The minimum Gasteiger partial charge on any atom is -0.493 e. The third kappa shape index (κ3) is 3.72. The fourth-order valence-corrected chi connectivity index (χ4v) is 3.63. The standard InChI is InChI=1S/C22H25NO6/c1-13-12-15-8-6-7-9-17(15)23(13)21(24)14(2)29-22(25)16-10-11-18(26-3)20(28-5)19(16)27-4/h6-11,13-14H,12H2,1-5H3/t13-,14-/m1/s1. The zero-order valence-electron chi connectivity index (χ0n) is 17.2. The Morgan fingerprint density at radius 3 is 2.34 bits per heavy atom. The molecule has 1 amide bonds. The van der Waals surface area contributed by atoms with Crippen LogP contribution in [0, 0.1) is 0 Å². The van der Waals surface area contributed by atoms with Crippen molar-refractivity contribution in [2.75, 3.05) is 26.2 Å². The molecular formula is C22H25NO6. The van der Waals surface area contributed by atoms with Gasteiger partial charge in [-0.15, -0.1) is 0 Å². The summed E-state index contributed by atoms with van der Waals surface area (Å²) in [5, 5.41) is 0. The maximum absolute atomic E-state index is 13.0. The van der Waals surface area contributed by atoms with Crippen LogP contribution in [0.25, 0.3) is 0 Å². The lowest BCUT2D eigenvalue weighted by Gasteiger charge is -2.26. The first-order valence-electron chi connectivity index (χ1n) is 9.33. The molecule has 0 unspecified atom stereocenters. The molecule has 0 bridgehead atoms. The number of nitrogens with zero attached hydrogens (tertiary/aromatic N) is 1. The Kier molecular flexibility index (Phi) is 5.96. The van der Waals surface area contributed by atoms with Crippen molar-refractivity contribution in [1.82, 2.24) is 0 Å². The van der Waals surface area contributed by atoms with Crippen molar-refractivity contribution in [3.63, 3.8) is 0 Å². The molecule has 7 heteroatoms. The van der Waals surface area contributed by atoms with Gasteiger partial charge in [-0.1, -0.05) is 18.2 Å².